The van der Waals surface area contributed by atoms with Crippen LogP contribution in [0.25, 0.3) is 33.3 Å². The topological polar surface area (TPSA) is 73.4 Å². The van der Waals surface area contributed by atoms with Crippen molar-refractivity contribution in [2.45, 2.75) is 19.9 Å². The van der Waals surface area contributed by atoms with Crippen LogP contribution in [0.4, 0.5) is 0 Å². The van der Waals surface area contributed by atoms with Crippen molar-refractivity contribution in [2.24, 2.45) is 5.92 Å². The number of pyridine rings is 2. The molecule has 4 heteroatoms. The monoisotopic (exact) mass is 370 g/mol. The van der Waals surface area contributed by atoms with Crippen molar-refractivity contribution in [3.05, 3.63) is 88.8 Å². The molecule has 0 saturated heterocycles. The van der Waals surface area contributed by atoms with E-state index in [0.29, 0.717) is 16.8 Å². The number of H-pyrrole nitrogens is 1. The zero-order valence-corrected chi connectivity index (χ0v) is 16.1. The second kappa shape index (κ2) is 7.41. The van der Waals surface area contributed by atoms with Gasteiger partial charge in [0, 0.05) is 28.8 Å². The minimum atomic E-state index is -0.124. The number of aromatic nitrogens is 2. The fourth-order valence-electron chi connectivity index (χ4n) is 3.44. The molecule has 1 unspecified atom stereocenters. The molecule has 4 N–H and O–H groups in total. The lowest BCUT2D eigenvalue weighted by Crippen LogP contribution is -2.55. The largest absolute Gasteiger partial charge is 0.351 e. The number of nitrogens with one attached hydrogen (secondary N) is 1. The predicted octanol–water partition coefficient (Wildman–Crippen LogP) is 4.20. The third kappa shape index (κ3) is 3.35. The minimum absolute atomic E-state index is 0.124. The van der Waals surface area contributed by atoms with Crippen LogP contribution < -0.4 is 11.3 Å². The molecule has 2 aromatic carbocycles. The Morgan fingerprint density at radius 2 is 1.64 bits per heavy atom. The van der Waals surface area contributed by atoms with Gasteiger partial charge in [0.25, 0.3) is 5.56 Å². The zero-order chi connectivity index (χ0) is 19.7. The molecular weight excluding hydrogens is 346 g/mol. The van der Waals surface area contributed by atoms with Crippen LogP contribution in [0.3, 0.4) is 0 Å². The summed E-state index contributed by atoms with van der Waals surface area (Å²) in [6.07, 6.45) is 1.64. The van der Waals surface area contributed by atoms with Crippen molar-refractivity contribution in [1.82, 2.24) is 9.97 Å². The standard InChI is InChI=1S/C24H23N3O/c1-15(2)22(25)17-8-10-18(11-9-17)23-19(16-6-4-3-5-7-16)14-20-21(27-23)12-13-26-24(20)28/h3-15,22H,25H2,1-2H3,(H,26,28)/p+1. The SMILES string of the molecule is CC(C)C([NH3+])c1ccc(-c2nc3cc[nH]c(=O)c3cc2-c2ccccc2)cc1. The fourth-order valence-corrected chi connectivity index (χ4v) is 3.44. The number of fused-ring (bicyclic) bond motifs is 1. The summed E-state index contributed by atoms with van der Waals surface area (Å²) in [5.74, 6) is 0.483. The Balaban J connectivity index is 1.91. The summed E-state index contributed by atoms with van der Waals surface area (Å²) in [6, 6.07) is 22.6. The first-order chi connectivity index (χ1) is 13.5. The van der Waals surface area contributed by atoms with E-state index in [9.17, 15) is 4.79 Å². The van der Waals surface area contributed by atoms with Gasteiger partial charge in [0.2, 0.25) is 0 Å². The lowest BCUT2D eigenvalue weighted by Gasteiger charge is -2.14. The molecule has 0 aliphatic carbocycles. The fraction of sp³-hybridized carbons (Fsp3) is 0.167. The van der Waals surface area contributed by atoms with Crippen LogP contribution in [0.5, 0.6) is 0 Å². The molecule has 2 aromatic heterocycles. The van der Waals surface area contributed by atoms with Crippen LogP contribution in [-0.4, -0.2) is 9.97 Å². The van der Waals surface area contributed by atoms with Gasteiger partial charge in [-0.1, -0.05) is 68.4 Å². The summed E-state index contributed by atoms with van der Waals surface area (Å²) in [4.78, 5) is 19.9. The Kier molecular flexibility index (Phi) is 4.80. The molecular formula is C24H24N3O+. The van der Waals surface area contributed by atoms with E-state index in [0.717, 1.165) is 22.4 Å². The molecule has 28 heavy (non-hydrogen) atoms. The van der Waals surface area contributed by atoms with Crippen molar-refractivity contribution in [3.8, 4) is 22.4 Å². The Bertz CT molecular complexity index is 1160. The minimum Gasteiger partial charge on any atom is -0.351 e. The molecule has 0 aliphatic heterocycles. The highest BCUT2D eigenvalue weighted by molar-refractivity contribution is 5.91. The van der Waals surface area contributed by atoms with Gasteiger partial charge in [-0.25, -0.2) is 4.98 Å². The summed E-state index contributed by atoms with van der Waals surface area (Å²) in [5.41, 5.74) is 9.96. The maximum Gasteiger partial charge on any atom is 0.257 e. The Hall–Kier alpha value is -3.24. The number of benzene rings is 2. The highest BCUT2D eigenvalue weighted by Crippen LogP contribution is 2.33. The van der Waals surface area contributed by atoms with E-state index in [-0.39, 0.29) is 11.6 Å². The average Bonchev–Trinajstić information content (AvgIpc) is 2.73. The number of quaternary nitrogens is 1. The van der Waals surface area contributed by atoms with E-state index < -0.39 is 0 Å². The molecule has 0 amide bonds. The Labute approximate surface area is 164 Å². The third-order valence-corrected chi connectivity index (χ3v) is 5.25. The van der Waals surface area contributed by atoms with Crippen LogP contribution in [0.2, 0.25) is 0 Å². The van der Waals surface area contributed by atoms with E-state index in [1.165, 1.54) is 5.56 Å². The zero-order valence-electron chi connectivity index (χ0n) is 16.1. The van der Waals surface area contributed by atoms with Gasteiger partial charge in [-0.15, -0.1) is 0 Å². The number of hydrogen-bond donors (Lipinski definition) is 2. The first kappa shape index (κ1) is 18.1. The molecule has 0 fully saturated rings. The van der Waals surface area contributed by atoms with Gasteiger partial charge in [0.1, 0.15) is 6.04 Å². The average molecular weight is 370 g/mol. The molecule has 4 nitrogen and oxygen atoms in total. The molecule has 2 heterocycles. The van der Waals surface area contributed by atoms with Crippen LogP contribution in [0, 0.1) is 5.92 Å². The molecule has 4 rings (SSSR count). The van der Waals surface area contributed by atoms with Gasteiger partial charge in [0.15, 0.2) is 0 Å². The van der Waals surface area contributed by atoms with Crippen molar-refractivity contribution >= 4 is 10.9 Å². The maximum absolute atomic E-state index is 12.3. The maximum atomic E-state index is 12.3. The lowest BCUT2D eigenvalue weighted by molar-refractivity contribution is -0.438. The van der Waals surface area contributed by atoms with Gasteiger partial charge in [0.05, 0.1) is 16.6 Å². The van der Waals surface area contributed by atoms with Crippen molar-refractivity contribution in [3.63, 3.8) is 0 Å². The normalized spacial score (nSPS) is 12.4. The van der Waals surface area contributed by atoms with E-state index in [4.69, 9.17) is 4.98 Å². The van der Waals surface area contributed by atoms with Gasteiger partial charge in [-0.05, 0) is 17.7 Å². The van der Waals surface area contributed by atoms with Crippen molar-refractivity contribution in [1.29, 1.82) is 0 Å². The second-order valence-corrected chi connectivity index (χ2v) is 7.46. The molecule has 1 atom stereocenters. The summed E-state index contributed by atoms with van der Waals surface area (Å²) in [7, 11) is 0. The second-order valence-electron chi connectivity index (χ2n) is 7.46. The summed E-state index contributed by atoms with van der Waals surface area (Å²) in [6.45, 7) is 4.36. The molecule has 0 radical (unpaired) electrons. The van der Waals surface area contributed by atoms with E-state index in [2.05, 4.69) is 48.8 Å². The number of hydrogen-bond acceptors (Lipinski definition) is 2. The Morgan fingerprint density at radius 3 is 2.32 bits per heavy atom. The third-order valence-electron chi connectivity index (χ3n) is 5.25. The summed E-state index contributed by atoms with van der Waals surface area (Å²) in [5, 5.41) is 0.597. The highest BCUT2D eigenvalue weighted by atomic mass is 16.1. The van der Waals surface area contributed by atoms with Gasteiger partial charge in [-0.3, -0.25) is 4.79 Å². The quantitative estimate of drug-likeness (QED) is 0.565. The summed E-state index contributed by atoms with van der Waals surface area (Å²) >= 11 is 0. The van der Waals surface area contributed by atoms with Gasteiger partial charge in [-0.2, -0.15) is 0 Å². The van der Waals surface area contributed by atoms with Crippen LogP contribution in [0.1, 0.15) is 25.5 Å². The lowest BCUT2D eigenvalue weighted by atomic mass is 9.93. The predicted molar refractivity (Wildman–Crippen MR) is 114 cm³/mol. The number of aromatic amines is 1. The van der Waals surface area contributed by atoms with Crippen LogP contribution >= 0.6 is 0 Å². The molecule has 4 aromatic rings. The summed E-state index contributed by atoms with van der Waals surface area (Å²) < 4.78 is 0. The Morgan fingerprint density at radius 1 is 0.929 bits per heavy atom. The van der Waals surface area contributed by atoms with Crippen LogP contribution in [-0.2, 0) is 0 Å². The van der Waals surface area contributed by atoms with Crippen LogP contribution in [0.15, 0.2) is 77.7 Å². The van der Waals surface area contributed by atoms with Gasteiger partial charge < -0.3 is 10.7 Å². The van der Waals surface area contributed by atoms with Crippen molar-refractivity contribution < 1.29 is 5.73 Å². The number of rotatable bonds is 4. The molecule has 0 spiro atoms. The number of nitrogens with zero attached hydrogens (tertiary/aromatic N) is 1. The molecule has 0 bridgehead atoms. The van der Waals surface area contributed by atoms with E-state index in [1.54, 1.807) is 6.20 Å². The van der Waals surface area contributed by atoms with Gasteiger partial charge >= 0.3 is 0 Å². The molecule has 0 aliphatic rings. The van der Waals surface area contributed by atoms with Crippen molar-refractivity contribution in [2.75, 3.05) is 0 Å². The molecule has 0 saturated carbocycles. The first-order valence-corrected chi connectivity index (χ1v) is 9.56. The molecule has 140 valence electrons. The van der Waals surface area contributed by atoms with E-state index in [1.807, 2.05) is 42.5 Å². The highest BCUT2D eigenvalue weighted by Gasteiger charge is 2.16. The first-order valence-electron chi connectivity index (χ1n) is 9.56. The smallest absolute Gasteiger partial charge is 0.257 e. The van der Waals surface area contributed by atoms with E-state index >= 15 is 0 Å².